The third kappa shape index (κ3) is 9.79. The number of nitro benzene ring substituents is 1. The van der Waals surface area contributed by atoms with Crippen LogP contribution in [0.5, 0.6) is 0 Å². The van der Waals surface area contributed by atoms with Crippen LogP contribution in [-0.2, 0) is 9.57 Å². The van der Waals surface area contributed by atoms with E-state index in [1.165, 1.54) is 25.1 Å². The van der Waals surface area contributed by atoms with E-state index in [2.05, 4.69) is 15.8 Å². The van der Waals surface area contributed by atoms with Gasteiger partial charge in [-0.3, -0.25) is 10.1 Å². The highest BCUT2D eigenvalue weighted by Crippen LogP contribution is 2.30. The van der Waals surface area contributed by atoms with Crippen molar-refractivity contribution < 1.29 is 24.1 Å². The molecule has 11 nitrogen and oxygen atoms in total. The van der Waals surface area contributed by atoms with E-state index in [1.54, 1.807) is 20.8 Å². The summed E-state index contributed by atoms with van der Waals surface area (Å²) in [5.41, 5.74) is 4.60. The number of nitrogens with one attached hydrogen (secondary N) is 2. The van der Waals surface area contributed by atoms with Gasteiger partial charge in [0.2, 0.25) is 0 Å². The van der Waals surface area contributed by atoms with Crippen LogP contribution in [0.2, 0.25) is 0 Å². The zero-order valence-corrected chi connectivity index (χ0v) is 18.6. The Morgan fingerprint density at radius 2 is 1.97 bits per heavy atom. The summed E-state index contributed by atoms with van der Waals surface area (Å²) in [4.78, 5) is 39.5. The summed E-state index contributed by atoms with van der Waals surface area (Å²) in [6.45, 7) is 9.10. The number of amidine groups is 1. The Morgan fingerprint density at radius 1 is 1.29 bits per heavy atom. The molecular weight excluding hydrogens is 406 g/mol. The van der Waals surface area contributed by atoms with Crippen LogP contribution in [0.3, 0.4) is 0 Å². The number of oxime groups is 1. The number of hydrogen-bond acceptors (Lipinski definition) is 8. The lowest BCUT2D eigenvalue weighted by Gasteiger charge is -2.20. The minimum absolute atomic E-state index is 0.0161. The molecule has 11 heteroatoms. The first-order chi connectivity index (χ1) is 14.4. The average molecular weight is 437 g/mol. The van der Waals surface area contributed by atoms with Crippen LogP contribution >= 0.6 is 0 Å². The van der Waals surface area contributed by atoms with Gasteiger partial charge in [0.15, 0.2) is 0 Å². The molecule has 0 heterocycles. The minimum atomic E-state index is -0.857. The number of nitrogens with two attached hydrogens (primary N) is 1. The van der Waals surface area contributed by atoms with Crippen LogP contribution in [-0.4, -0.2) is 41.0 Å². The molecule has 0 unspecified atom stereocenters. The highest BCUT2D eigenvalue weighted by molar-refractivity contribution is 5.98. The zero-order valence-electron chi connectivity index (χ0n) is 18.6. The van der Waals surface area contributed by atoms with Crippen LogP contribution in [0.1, 0.15) is 64.2 Å². The van der Waals surface area contributed by atoms with Gasteiger partial charge in [-0.2, -0.15) is 0 Å². The van der Waals surface area contributed by atoms with Crippen molar-refractivity contribution in [2.45, 2.75) is 65.5 Å². The van der Waals surface area contributed by atoms with E-state index in [-0.39, 0.29) is 28.8 Å². The molecule has 0 fully saturated rings. The van der Waals surface area contributed by atoms with Crippen LogP contribution in [0.15, 0.2) is 23.4 Å². The van der Waals surface area contributed by atoms with Crippen molar-refractivity contribution in [3.8, 4) is 0 Å². The van der Waals surface area contributed by atoms with Gasteiger partial charge in [0.1, 0.15) is 17.1 Å². The molecule has 0 aliphatic rings. The molecule has 4 N–H and O–H groups in total. The number of nitrogens with zero attached hydrogens (tertiary/aromatic N) is 2. The highest BCUT2D eigenvalue weighted by atomic mass is 16.7. The number of para-hydroxylation sites is 1. The normalized spacial score (nSPS) is 12.6. The second-order valence-electron chi connectivity index (χ2n) is 8.04. The molecule has 1 atom stereocenters. The van der Waals surface area contributed by atoms with Crippen molar-refractivity contribution in [1.29, 1.82) is 0 Å². The lowest BCUT2D eigenvalue weighted by atomic mass is 10.1. The monoisotopic (exact) mass is 437 g/mol. The van der Waals surface area contributed by atoms with Crippen LogP contribution < -0.4 is 16.4 Å². The molecule has 0 aliphatic heterocycles. The Hall–Kier alpha value is -3.37. The molecule has 0 radical (unpaired) electrons. The highest BCUT2D eigenvalue weighted by Gasteiger charge is 2.24. The van der Waals surface area contributed by atoms with E-state index >= 15 is 0 Å². The molecule has 1 amide bonds. The predicted molar refractivity (Wildman–Crippen MR) is 117 cm³/mol. The fraction of sp³-hybridized carbons (Fsp3) is 0.550. The van der Waals surface area contributed by atoms with Gasteiger partial charge in [-0.05, 0) is 59.9 Å². The minimum Gasteiger partial charge on any atom is -0.444 e. The molecule has 0 spiro atoms. The molecule has 1 aromatic carbocycles. The maximum absolute atomic E-state index is 12.3. The summed E-state index contributed by atoms with van der Waals surface area (Å²) in [7, 11) is 0. The number of carbonyl (C=O) groups is 2. The number of carbonyl (C=O) groups excluding carboxylic acids is 2. The smallest absolute Gasteiger partial charge is 0.407 e. The van der Waals surface area contributed by atoms with E-state index in [9.17, 15) is 19.7 Å². The fourth-order valence-corrected chi connectivity index (χ4v) is 2.58. The van der Waals surface area contributed by atoms with Gasteiger partial charge in [-0.25, -0.2) is 9.59 Å². The van der Waals surface area contributed by atoms with Gasteiger partial charge < -0.3 is 25.9 Å². The molecule has 0 aliphatic carbocycles. The van der Waals surface area contributed by atoms with Gasteiger partial charge in [0, 0.05) is 18.7 Å². The maximum atomic E-state index is 12.3. The van der Waals surface area contributed by atoms with Gasteiger partial charge >= 0.3 is 12.1 Å². The Labute approximate surface area is 181 Å². The SMILES string of the molecule is CC(N)=NOC(=O)c1cccc([N+](=O)[O-])c1N[C@@H](C)CCCCNC(=O)OC(C)(C)C. The van der Waals surface area contributed by atoms with Crippen molar-refractivity contribution >= 4 is 29.3 Å². The topological polar surface area (TPSA) is 158 Å². The van der Waals surface area contributed by atoms with Gasteiger partial charge in [-0.1, -0.05) is 11.2 Å². The van der Waals surface area contributed by atoms with E-state index in [1.807, 2.05) is 6.92 Å². The van der Waals surface area contributed by atoms with Crippen molar-refractivity contribution in [2.24, 2.45) is 10.9 Å². The van der Waals surface area contributed by atoms with Crippen molar-refractivity contribution in [3.63, 3.8) is 0 Å². The number of nitro groups is 1. The molecule has 172 valence electrons. The lowest BCUT2D eigenvalue weighted by Crippen LogP contribution is -2.33. The zero-order chi connectivity index (χ0) is 23.6. The second kappa shape index (κ2) is 11.7. The Bertz CT molecular complexity index is 815. The first-order valence-electron chi connectivity index (χ1n) is 9.93. The molecule has 0 aromatic heterocycles. The molecule has 0 saturated carbocycles. The fourth-order valence-electron chi connectivity index (χ4n) is 2.58. The average Bonchev–Trinajstić information content (AvgIpc) is 2.64. The Balaban J connectivity index is 2.69. The largest absolute Gasteiger partial charge is 0.444 e. The number of anilines is 1. The van der Waals surface area contributed by atoms with Crippen LogP contribution in [0.4, 0.5) is 16.2 Å². The number of alkyl carbamates (subject to hydrolysis) is 1. The van der Waals surface area contributed by atoms with Gasteiger partial charge in [-0.15, -0.1) is 0 Å². The number of rotatable bonds is 10. The van der Waals surface area contributed by atoms with E-state index < -0.39 is 22.6 Å². The number of unbranched alkanes of at least 4 members (excludes halogenated alkanes) is 1. The van der Waals surface area contributed by atoms with E-state index in [4.69, 9.17) is 15.3 Å². The number of benzene rings is 1. The Morgan fingerprint density at radius 3 is 2.55 bits per heavy atom. The summed E-state index contributed by atoms with van der Waals surface area (Å²) >= 11 is 0. The molecule has 0 saturated heterocycles. The first kappa shape index (κ1) is 25.7. The standard InChI is InChI=1S/C20H31N5O6/c1-13(9-6-7-12-22-19(27)30-20(3,4)5)23-17-15(18(26)31-24-14(2)21)10-8-11-16(17)25(28)29/h8,10-11,13,23H,6-7,9,12H2,1-5H3,(H2,21,24)(H,22,27)/t13-/m0/s1. The van der Waals surface area contributed by atoms with E-state index in [0.29, 0.717) is 19.4 Å². The van der Waals surface area contributed by atoms with Gasteiger partial charge in [0.25, 0.3) is 5.69 Å². The second-order valence-corrected chi connectivity index (χ2v) is 8.04. The predicted octanol–water partition coefficient (Wildman–Crippen LogP) is 3.54. The first-order valence-corrected chi connectivity index (χ1v) is 9.93. The van der Waals surface area contributed by atoms with Crippen LogP contribution in [0, 0.1) is 10.1 Å². The van der Waals surface area contributed by atoms with Crippen molar-refractivity contribution in [1.82, 2.24) is 5.32 Å². The maximum Gasteiger partial charge on any atom is 0.407 e. The van der Waals surface area contributed by atoms with Crippen LogP contribution in [0.25, 0.3) is 0 Å². The molecule has 1 aromatic rings. The summed E-state index contributed by atoms with van der Waals surface area (Å²) in [6, 6.07) is 3.92. The number of hydrogen-bond donors (Lipinski definition) is 3. The van der Waals surface area contributed by atoms with Crippen molar-refractivity contribution in [3.05, 3.63) is 33.9 Å². The Kier molecular flexibility index (Phi) is 9.71. The summed E-state index contributed by atoms with van der Waals surface area (Å²) in [5, 5.41) is 20.5. The number of amides is 1. The molecule has 1 rings (SSSR count). The summed E-state index contributed by atoms with van der Waals surface area (Å²) < 4.78 is 5.16. The summed E-state index contributed by atoms with van der Waals surface area (Å²) in [6.07, 6.45) is 1.61. The third-order valence-electron chi connectivity index (χ3n) is 3.85. The summed E-state index contributed by atoms with van der Waals surface area (Å²) in [5.74, 6) is -0.814. The van der Waals surface area contributed by atoms with Gasteiger partial charge in [0.05, 0.1) is 10.5 Å². The lowest BCUT2D eigenvalue weighted by molar-refractivity contribution is -0.384. The number of ether oxygens (including phenoxy) is 1. The molecule has 0 bridgehead atoms. The van der Waals surface area contributed by atoms with E-state index in [0.717, 1.165) is 6.42 Å². The quantitative estimate of drug-likeness (QED) is 0.125. The van der Waals surface area contributed by atoms with Crippen molar-refractivity contribution in [2.75, 3.05) is 11.9 Å². The third-order valence-corrected chi connectivity index (χ3v) is 3.85. The molecular formula is C20H31N5O6. The molecule has 31 heavy (non-hydrogen) atoms.